The Morgan fingerprint density at radius 1 is 1.12 bits per heavy atom. The second-order valence-electron chi connectivity index (χ2n) is 8.97. The number of aromatic nitrogens is 4. The Balaban J connectivity index is 1.39. The lowest BCUT2D eigenvalue weighted by Crippen LogP contribution is -2.33. The van der Waals surface area contributed by atoms with Gasteiger partial charge in [-0.15, -0.1) is 0 Å². The van der Waals surface area contributed by atoms with Gasteiger partial charge in [-0.2, -0.15) is 9.97 Å². The van der Waals surface area contributed by atoms with Gasteiger partial charge in [0.05, 0.1) is 20.0 Å². The van der Waals surface area contributed by atoms with Crippen LogP contribution in [0.4, 0.5) is 11.5 Å². The topological polar surface area (TPSA) is 219 Å². The Kier molecular flexibility index (Phi) is 7.89. The van der Waals surface area contributed by atoms with Crippen LogP contribution in [-0.2, 0) is 18.4 Å². The van der Waals surface area contributed by atoms with Crippen LogP contribution in [0.3, 0.4) is 0 Å². The van der Waals surface area contributed by atoms with Crippen LogP contribution in [-0.4, -0.2) is 82.3 Å². The molecule has 4 aromatic rings. The normalized spacial score (nSPS) is 23.0. The van der Waals surface area contributed by atoms with Gasteiger partial charge < -0.3 is 44.2 Å². The predicted molar refractivity (Wildman–Crippen MR) is 143 cm³/mol. The molecule has 2 unspecified atom stereocenters. The van der Waals surface area contributed by atoms with Crippen LogP contribution in [0.2, 0.25) is 5.28 Å². The third-order valence-electron chi connectivity index (χ3n) is 6.13. The van der Waals surface area contributed by atoms with Gasteiger partial charge in [0.15, 0.2) is 29.1 Å². The zero-order valence-corrected chi connectivity index (χ0v) is 23.1. The number of benzene rings is 2. The summed E-state index contributed by atoms with van der Waals surface area (Å²) in [6, 6.07) is 11.2. The lowest BCUT2D eigenvalue weighted by atomic mass is 10.1. The second kappa shape index (κ2) is 11.0. The molecule has 40 heavy (non-hydrogen) atoms. The number of anilines is 2. The molecule has 2 aromatic heterocycles. The maximum absolute atomic E-state index is 12.0. The van der Waals surface area contributed by atoms with Gasteiger partial charge in [-0.1, -0.05) is 12.1 Å². The molecule has 1 fully saturated rings. The number of hydrogen-bond donors (Lipinski definition) is 6. The van der Waals surface area contributed by atoms with Crippen LogP contribution in [0, 0.1) is 0 Å². The Bertz CT molecular complexity index is 1670. The summed E-state index contributed by atoms with van der Waals surface area (Å²) in [6.07, 6.45) is -4.42. The fraction of sp³-hybridized carbons (Fsp3) is 0.318. The van der Waals surface area contributed by atoms with Crippen LogP contribution in [0.1, 0.15) is 6.23 Å². The van der Waals surface area contributed by atoms with E-state index in [9.17, 15) is 24.2 Å². The van der Waals surface area contributed by atoms with Crippen LogP contribution >= 0.6 is 26.8 Å². The standard InChI is InChI=1S/C22H24ClN5O10P2/c1-36-14-4-2-3-11-7-12(5-6-13(11)14)25-19-16-20(27-22(23)26-19)28(9-24-16)21-18(30)17(29)15(38-21)8-37-40(34,35)10-39(31,32)33/h2-7,9,15,17-18,21,29-30H,8,10H2,1H3,(H,34,35)(H,25,26,27)(H2,31,32,33)/t15-,17+,18?,21-/m1/s1. The summed E-state index contributed by atoms with van der Waals surface area (Å²) < 4.78 is 40.2. The fourth-order valence-electron chi connectivity index (χ4n) is 4.37. The summed E-state index contributed by atoms with van der Waals surface area (Å²) in [5.74, 6) is -0.431. The van der Waals surface area contributed by atoms with Gasteiger partial charge in [-0.25, -0.2) is 4.98 Å². The third kappa shape index (κ3) is 5.99. The summed E-state index contributed by atoms with van der Waals surface area (Å²) in [4.78, 5) is 40.3. The fourth-order valence-corrected chi connectivity index (χ4v) is 7.10. The molecule has 15 nitrogen and oxygen atoms in total. The minimum Gasteiger partial charge on any atom is -0.496 e. The first kappa shape index (κ1) is 28.8. The molecule has 5 atom stereocenters. The molecule has 18 heteroatoms. The van der Waals surface area contributed by atoms with Crippen molar-refractivity contribution in [3.8, 4) is 5.75 Å². The van der Waals surface area contributed by atoms with E-state index in [1.165, 1.54) is 10.9 Å². The highest BCUT2D eigenvalue weighted by Crippen LogP contribution is 2.55. The Morgan fingerprint density at radius 2 is 1.90 bits per heavy atom. The molecule has 1 aliphatic heterocycles. The molecule has 0 spiro atoms. The van der Waals surface area contributed by atoms with Crippen molar-refractivity contribution in [2.75, 3.05) is 24.9 Å². The maximum atomic E-state index is 12.0. The molecule has 1 aliphatic rings. The number of imidazole rings is 1. The molecule has 0 amide bonds. The molecule has 6 N–H and O–H groups in total. The number of fused-ring (bicyclic) bond motifs is 2. The van der Waals surface area contributed by atoms with E-state index in [1.807, 2.05) is 36.4 Å². The van der Waals surface area contributed by atoms with Crippen molar-refractivity contribution >= 4 is 60.2 Å². The van der Waals surface area contributed by atoms with Crippen LogP contribution in [0.25, 0.3) is 21.9 Å². The summed E-state index contributed by atoms with van der Waals surface area (Å²) in [7, 11) is -7.96. The third-order valence-corrected chi connectivity index (χ3v) is 9.76. The number of aliphatic hydroxyl groups excluding tert-OH is 2. The quantitative estimate of drug-likeness (QED) is 0.118. The zero-order valence-electron chi connectivity index (χ0n) is 20.6. The van der Waals surface area contributed by atoms with E-state index in [0.29, 0.717) is 5.69 Å². The molecule has 3 heterocycles. The molecular formula is C22H24ClN5O10P2. The molecule has 2 aromatic carbocycles. The summed E-state index contributed by atoms with van der Waals surface area (Å²) in [5.41, 5.74) is 1.08. The number of hydrogen-bond acceptors (Lipinski definition) is 11. The monoisotopic (exact) mass is 615 g/mol. The van der Waals surface area contributed by atoms with E-state index >= 15 is 0 Å². The molecule has 0 bridgehead atoms. The SMILES string of the molecule is COc1cccc2cc(Nc3nc(Cl)nc4c3ncn4[C@@H]3O[C@H](COP(=O)(O)CP(=O)(O)O)[C@H](O)C3O)ccc12. The first-order valence-corrected chi connectivity index (χ1v) is 15.6. The minimum atomic E-state index is -4.85. The Labute approximate surface area is 231 Å². The number of aliphatic hydroxyl groups is 2. The number of rotatable bonds is 9. The lowest BCUT2D eigenvalue weighted by Gasteiger charge is -2.18. The van der Waals surface area contributed by atoms with Crippen molar-refractivity contribution < 1.29 is 48.0 Å². The van der Waals surface area contributed by atoms with Gasteiger partial charge in [-0.05, 0) is 41.3 Å². The van der Waals surface area contributed by atoms with Crippen LogP contribution in [0.15, 0.2) is 42.7 Å². The second-order valence-corrected chi connectivity index (χ2v) is 13.3. The van der Waals surface area contributed by atoms with Crippen molar-refractivity contribution in [2.45, 2.75) is 24.5 Å². The Morgan fingerprint density at radius 3 is 2.62 bits per heavy atom. The zero-order chi connectivity index (χ0) is 28.8. The summed E-state index contributed by atoms with van der Waals surface area (Å²) >= 11 is 6.19. The summed E-state index contributed by atoms with van der Waals surface area (Å²) in [5, 5.41) is 25.9. The number of halogens is 1. The predicted octanol–water partition coefficient (Wildman–Crippen LogP) is 2.34. The van der Waals surface area contributed by atoms with Crippen LogP contribution < -0.4 is 10.1 Å². The minimum absolute atomic E-state index is 0.147. The smallest absolute Gasteiger partial charge is 0.340 e. The van der Waals surface area contributed by atoms with Crippen molar-refractivity contribution in [3.63, 3.8) is 0 Å². The average molecular weight is 616 g/mol. The average Bonchev–Trinajstić information content (AvgIpc) is 3.41. The first-order chi connectivity index (χ1) is 18.8. The number of nitrogens with zero attached hydrogens (tertiary/aromatic N) is 4. The van der Waals surface area contributed by atoms with Crippen molar-refractivity contribution in [1.29, 1.82) is 0 Å². The maximum Gasteiger partial charge on any atom is 0.340 e. The van der Waals surface area contributed by atoms with Crippen LogP contribution in [0.5, 0.6) is 5.75 Å². The van der Waals surface area contributed by atoms with Gasteiger partial charge in [0.2, 0.25) is 5.28 Å². The van der Waals surface area contributed by atoms with Crippen molar-refractivity contribution in [3.05, 3.63) is 48.0 Å². The molecule has 214 valence electrons. The number of ether oxygens (including phenoxy) is 2. The molecule has 0 aliphatic carbocycles. The van der Waals surface area contributed by atoms with E-state index in [4.69, 9.17) is 35.4 Å². The van der Waals surface area contributed by atoms with E-state index in [1.54, 1.807) is 7.11 Å². The van der Waals surface area contributed by atoms with Crippen molar-refractivity contribution in [1.82, 2.24) is 19.5 Å². The molecule has 0 saturated carbocycles. The highest BCUT2D eigenvalue weighted by atomic mass is 35.5. The van der Waals surface area contributed by atoms with E-state index < -0.39 is 52.2 Å². The van der Waals surface area contributed by atoms with E-state index in [2.05, 4.69) is 20.3 Å². The first-order valence-electron chi connectivity index (χ1n) is 11.6. The highest BCUT2D eigenvalue weighted by Gasteiger charge is 2.45. The number of nitrogens with one attached hydrogen (secondary N) is 1. The largest absolute Gasteiger partial charge is 0.496 e. The van der Waals surface area contributed by atoms with Gasteiger partial charge >= 0.3 is 15.2 Å². The van der Waals surface area contributed by atoms with Gasteiger partial charge in [0.1, 0.15) is 24.1 Å². The number of methoxy groups -OCH3 is 1. The molecular weight excluding hydrogens is 592 g/mol. The Hall–Kier alpha value is -2.68. The van der Waals surface area contributed by atoms with Crippen molar-refractivity contribution in [2.24, 2.45) is 0 Å². The van der Waals surface area contributed by atoms with E-state index in [-0.39, 0.29) is 22.3 Å². The van der Waals surface area contributed by atoms with Gasteiger partial charge in [0, 0.05) is 11.1 Å². The summed E-state index contributed by atoms with van der Waals surface area (Å²) in [6.45, 7) is -0.732. The van der Waals surface area contributed by atoms with Gasteiger partial charge in [-0.3, -0.25) is 13.7 Å². The molecule has 5 rings (SSSR count). The molecule has 0 radical (unpaired) electrons. The molecule has 1 saturated heterocycles. The highest BCUT2D eigenvalue weighted by molar-refractivity contribution is 7.70. The van der Waals surface area contributed by atoms with Gasteiger partial charge in [0.25, 0.3) is 0 Å². The lowest BCUT2D eigenvalue weighted by molar-refractivity contribution is -0.0483. The van der Waals surface area contributed by atoms with E-state index in [0.717, 1.165) is 16.5 Å².